The smallest absolute Gasteiger partial charge is 0.239 e. The number of rotatable bonds is 5. The van der Waals surface area contributed by atoms with Gasteiger partial charge in [-0.1, -0.05) is 32.0 Å². The molecule has 0 saturated heterocycles. The summed E-state index contributed by atoms with van der Waals surface area (Å²) in [7, 11) is 0. The Morgan fingerprint density at radius 3 is 2.59 bits per heavy atom. The second kappa shape index (κ2) is 8.93. The lowest BCUT2D eigenvalue weighted by atomic mass is 9.86. The van der Waals surface area contributed by atoms with Crippen LogP contribution in [0.15, 0.2) is 24.3 Å². The number of ether oxygens (including phenoxy) is 1. The zero-order valence-electron chi connectivity index (χ0n) is 16.0. The number of fused-ring (bicyclic) bond motifs is 1. The first kappa shape index (κ1) is 21.5. The molecule has 1 heterocycles. The first-order valence-corrected chi connectivity index (χ1v) is 9.51. The molecule has 1 aliphatic carbocycles. The van der Waals surface area contributed by atoms with E-state index in [0.717, 1.165) is 43.4 Å². The predicted octanol–water partition coefficient (Wildman–Crippen LogP) is 2.46. The van der Waals surface area contributed by atoms with Gasteiger partial charge in [-0.05, 0) is 37.7 Å². The first-order valence-electron chi connectivity index (χ1n) is 9.51. The number of amides is 2. The van der Waals surface area contributed by atoms with E-state index in [1.54, 1.807) is 0 Å². The van der Waals surface area contributed by atoms with Crippen LogP contribution < -0.4 is 21.1 Å². The average molecular weight is 396 g/mol. The van der Waals surface area contributed by atoms with Crippen LogP contribution >= 0.6 is 12.4 Å². The SMILES string of the molecule is CC(C)[C@H](N)C(=O)NCC(=O)NC1CC2(CCCC2)Oc2ccccc21.Cl. The number of nitrogens with one attached hydrogen (secondary N) is 2. The number of nitrogens with two attached hydrogens (primary N) is 1. The van der Waals surface area contributed by atoms with Crippen molar-refractivity contribution in [2.24, 2.45) is 11.7 Å². The zero-order valence-corrected chi connectivity index (χ0v) is 16.8. The maximum Gasteiger partial charge on any atom is 0.239 e. The molecular formula is C20H30ClN3O3. The van der Waals surface area contributed by atoms with Crippen LogP contribution in [-0.2, 0) is 9.59 Å². The van der Waals surface area contributed by atoms with Crippen LogP contribution in [0.4, 0.5) is 0 Å². The monoisotopic (exact) mass is 395 g/mol. The van der Waals surface area contributed by atoms with Crippen LogP contribution in [-0.4, -0.2) is 30.0 Å². The number of hydrogen-bond acceptors (Lipinski definition) is 4. The maximum atomic E-state index is 12.4. The van der Waals surface area contributed by atoms with Gasteiger partial charge in [-0.25, -0.2) is 0 Å². The summed E-state index contributed by atoms with van der Waals surface area (Å²) in [5, 5.41) is 5.71. The first-order chi connectivity index (χ1) is 12.4. The number of carbonyl (C=O) groups excluding carboxylic acids is 2. The van der Waals surface area contributed by atoms with Gasteiger partial charge in [0, 0.05) is 12.0 Å². The highest BCUT2D eigenvalue weighted by atomic mass is 35.5. The predicted molar refractivity (Wildman–Crippen MR) is 107 cm³/mol. The second-order valence-electron chi connectivity index (χ2n) is 7.84. The third-order valence-corrected chi connectivity index (χ3v) is 5.49. The highest BCUT2D eigenvalue weighted by molar-refractivity contribution is 5.87. The van der Waals surface area contributed by atoms with Crippen LogP contribution in [0.25, 0.3) is 0 Å². The van der Waals surface area contributed by atoms with Crippen molar-refractivity contribution in [3.8, 4) is 5.75 Å². The molecule has 1 saturated carbocycles. The molecule has 150 valence electrons. The van der Waals surface area contributed by atoms with Crippen molar-refractivity contribution in [3.05, 3.63) is 29.8 Å². The summed E-state index contributed by atoms with van der Waals surface area (Å²) in [6, 6.07) is 7.18. The molecule has 27 heavy (non-hydrogen) atoms. The molecule has 2 atom stereocenters. The van der Waals surface area contributed by atoms with E-state index in [9.17, 15) is 9.59 Å². The zero-order chi connectivity index (χ0) is 18.7. The van der Waals surface area contributed by atoms with Crippen molar-refractivity contribution in [1.82, 2.24) is 10.6 Å². The molecule has 2 aliphatic rings. The highest BCUT2D eigenvalue weighted by Crippen LogP contribution is 2.46. The molecule has 1 fully saturated rings. The third kappa shape index (κ3) is 4.93. The van der Waals surface area contributed by atoms with Crippen LogP contribution in [0.2, 0.25) is 0 Å². The third-order valence-electron chi connectivity index (χ3n) is 5.49. The van der Waals surface area contributed by atoms with Gasteiger partial charge in [0.25, 0.3) is 0 Å². The molecule has 1 aliphatic heterocycles. The lowest BCUT2D eigenvalue weighted by Crippen LogP contribution is -2.49. The molecule has 0 aromatic heterocycles. The molecule has 3 rings (SSSR count). The van der Waals surface area contributed by atoms with Crippen LogP contribution in [0, 0.1) is 5.92 Å². The number of carbonyl (C=O) groups is 2. The highest BCUT2D eigenvalue weighted by Gasteiger charge is 2.43. The van der Waals surface area contributed by atoms with Crippen LogP contribution in [0.5, 0.6) is 5.75 Å². The van der Waals surface area contributed by atoms with Crippen molar-refractivity contribution >= 4 is 24.2 Å². The van der Waals surface area contributed by atoms with Gasteiger partial charge < -0.3 is 21.1 Å². The largest absolute Gasteiger partial charge is 0.487 e. The van der Waals surface area contributed by atoms with Gasteiger partial charge in [0.05, 0.1) is 18.6 Å². The number of halogens is 1. The molecule has 7 heteroatoms. The summed E-state index contributed by atoms with van der Waals surface area (Å²) in [6.45, 7) is 3.69. The number of hydrogen-bond donors (Lipinski definition) is 3. The molecule has 4 N–H and O–H groups in total. The van der Waals surface area contributed by atoms with Crippen molar-refractivity contribution in [2.75, 3.05) is 6.54 Å². The topological polar surface area (TPSA) is 93.5 Å². The molecule has 1 aromatic rings. The number of para-hydroxylation sites is 1. The molecule has 6 nitrogen and oxygen atoms in total. The fourth-order valence-electron chi connectivity index (χ4n) is 3.91. The second-order valence-corrected chi connectivity index (χ2v) is 7.84. The molecule has 0 bridgehead atoms. The molecule has 1 aromatic carbocycles. The minimum Gasteiger partial charge on any atom is -0.487 e. The van der Waals surface area contributed by atoms with Gasteiger partial charge in [0.1, 0.15) is 11.4 Å². The van der Waals surface area contributed by atoms with Crippen molar-refractivity contribution in [1.29, 1.82) is 0 Å². The van der Waals surface area contributed by atoms with Crippen molar-refractivity contribution < 1.29 is 14.3 Å². The normalized spacial score (nSPS) is 21.0. The van der Waals surface area contributed by atoms with Crippen molar-refractivity contribution in [2.45, 2.75) is 63.6 Å². The Morgan fingerprint density at radius 2 is 1.93 bits per heavy atom. The molecular weight excluding hydrogens is 366 g/mol. The summed E-state index contributed by atoms with van der Waals surface area (Å²) in [6.07, 6.45) is 5.13. The molecule has 1 unspecified atom stereocenters. The van der Waals surface area contributed by atoms with E-state index in [4.69, 9.17) is 10.5 Å². The summed E-state index contributed by atoms with van der Waals surface area (Å²) in [5.41, 5.74) is 6.64. The minimum absolute atomic E-state index is 0. The maximum absolute atomic E-state index is 12.4. The molecule has 1 spiro atoms. The Kier molecular flexibility index (Phi) is 7.12. The lowest BCUT2D eigenvalue weighted by molar-refractivity contribution is -0.128. The Hall–Kier alpha value is -1.79. The summed E-state index contributed by atoms with van der Waals surface area (Å²) in [4.78, 5) is 24.4. The standard InChI is InChI=1S/C20H29N3O3.ClH/c1-13(2)18(21)19(25)22-12-17(24)23-15-11-20(9-5-6-10-20)26-16-8-4-3-7-14(15)16;/h3-4,7-8,13,15,18H,5-6,9-12,21H2,1-2H3,(H,22,25)(H,23,24);1H/t15?,18-;/m0./s1. The fraction of sp³-hybridized carbons (Fsp3) is 0.600. The van der Waals surface area contributed by atoms with Crippen LogP contribution in [0.3, 0.4) is 0 Å². The van der Waals surface area contributed by atoms with Gasteiger partial charge in [0.2, 0.25) is 11.8 Å². The van der Waals surface area contributed by atoms with Gasteiger partial charge in [-0.3, -0.25) is 9.59 Å². The van der Waals surface area contributed by atoms with Gasteiger partial charge in [0.15, 0.2) is 0 Å². The Bertz CT molecular complexity index is 674. The van der Waals surface area contributed by atoms with E-state index < -0.39 is 6.04 Å². The van der Waals surface area contributed by atoms with Crippen LogP contribution in [0.1, 0.15) is 57.6 Å². The van der Waals surface area contributed by atoms with E-state index in [1.165, 1.54) is 0 Å². The molecule has 2 amide bonds. The van der Waals surface area contributed by atoms with Gasteiger partial charge >= 0.3 is 0 Å². The Balaban J connectivity index is 0.00000261. The van der Waals surface area contributed by atoms with Crippen molar-refractivity contribution in [3.63, 3.8) is 0 Å². The number of benzene rings is 1. The van der Waals surface area contributed by atoms with E-state index in [1.807, 2.05) is 38.1 Å². The Labute approximate surface area is 167 Å². The molecule has 0 radical (unpaired) electrons. The van der Waals surface area contributed by atoms with Gasteiger partial charge in [-0.2, -0.15) is 0 Å². The summed E-state index contributed by atoms with van der Waals surface area (Å²) >= 11 is 0. The van der Waals surface area contributed by atoms with E-state index >= 15 is 0 Å². The van der Waals surface area contributed by atoms with E-state index in [0.29, 0.717) is 0 Å². The van der Waals surface area contributed by atoms with Gasteiger partial charge in [-0.15, -0.1) is 12.4 Å². The summed E-state index contributed by atoms with van der Waals surface area (Å²) < 4.78 is 6.31. The minimum atomic E-state index is -0.603. The van der Waals surface area contributed by atoms with E-state index in [2.05, 4.69) is 10.6 Å². The lowest BCUT2D eigenvalue weighted by Gasteiger charge is -2.40. The van der Waals surface area contributed by atoms with E-state index in [-0.39, 0.29) is 48.3 Å². The fourth-order valence-corrected chi connectivity index (χ4v) is 3.91. The summed E-state index contributed by atoms with van der Waals surface area (Å²) in [5.74, 6) is 0.387. The average Bonchev–Trinajstić information content (AvgIpc) is 3.06. The quantitative estimate of drug-likeness (QED) is 0.713. The Morgan fingerprint density at radius 1 is 1.26 bits per heavy atom.